The van der Waals surface area contributed by atoms with E-state index >= 15 is 0 Å². The highest BCUT2D eigenvalue weighted by atomic mass is 32.1. The number of hydrogen-bond acceptors (Lipinski definition) is 3. The van der Waals surface area contributed by atoms with Crippen molar-refractivity contribution < 1.29 is 9.84 Å². The molecular weight excluding hydrogens is 268 g/mol. The molecule has 0 spiro atoms. The Morgan fingerprint density at radius 1 is 1.00 bits per heavy atom. The summed E-state index contributed by atoms with van der Waals surface area (Å²) in [5, 5.41) is 10.6. The minimum Gasteiger partial charge on any atom is -0.383 e. The summed E-state index contributed by atoms with van der Waals surface area (Å²) < 4.78 is 5.44. The molecule has 0 bridgehead atoms. The van der Waals surface area contributed by atoms with E-state index in [1.165, 1.54) is 47.3 Å². The Bertz CT molecular complexity index is 621. The van der Waals surface area contributed by atoms with Gasteiger partial charge in [0.1, 0.15) is 6.10 Å². The number of rotatable bonds is 2. The van der Waals surface area contributed by atoms with Crippen molar-refractivity contribution in [3.8, 4) is 0 Å². The van der Waals surface area contributed by atoms with Gasteiger partial charge in [-0.3, -0.25) is 0 Å². The summed E-state index contributed by atoms with van der Waals surface area (Å²) >= 11 is 1.79. The summed E-state index contributed by atoms with van der Waals surface area (Å²) in [6.07, 6.45) is 4.45. The fourth-order valence-electron chi connectivity index (χ4n) is 3.17. The van der Waals surface area contributed by atoms with Crippen LogP contribution in [0, 0.1) is 0 Å². The van der Waals surface area contributed by atoms with Crippen LogP contribution in [0.1, 0.15) is 51.0 Å². The zero-order valence-electron chi connectivity index (χ0n) is 11.4. The van der Waals surface area contributed by atoms with E-state index in [1.807, 2.05) is 6.07 Å². The molecule has 1 aliphatic heterocycles. The van der Waals surface area contributed by atoms with Gasteiger partial charge in [0.25, 0.3) is 0 Å². The predicted octanol–water partition coefficient (Wildman–Crippen LogP) is 3.74. The average molecular weight is 286 g/mol. The highest BCUT2D eigenvalue weighted by molar-refractivity contribution is 7.12. The third kappa shape index (κ3) is 2.10. The molecule has 0 saturated heterocycles. The zero-order chi connectivity index (χ0) is 13.5. The monoisotopic (exact) mass is 286 g/mol. The van der Waals surface area contributed by atoms with Gasteiger partial charge in [-0.05, 0) is 54.0 Å². The summed E-state index contributed by atoms with van der Waals surface area (Å²) in [4.78, 5) is 2.57. The lowest BCUT2D eigenvalue weighted by molar-refractivity contribution is 0.134. The topological polar surface area (TPSA) is 29.5 Å². The van der Waals surface area contributed by atoms with E-state index in [4.69, 9.17) is 4.74 Å². The van der Waals surface area contributed by atoms with Gasteiger partial charge in [-0.2, -0.15) is 0 Å². The van der Waals surface area contributed by atoms with Crippen LogP contribution in [0.3, 0.4) is 0 Å². The van der Waals surface area contributed by atoms with Crippen molar-refractivity contribution in [1.82, 2.24) is 0 Å². The normalized spacial score (nSPS) is 18.6. The number of aryl methyl sites for hydroxylation is 2. The Hall–Kier alpha value is -1.16. The van der Waals surface area contributed by atoms with Crippen molar-refractivity contribution in [3.05, 3.63) is 56.3 Å². The zero-order valence-corrected chi connectivity index (χ0v) is 12.2. The standard InChI is InChI=1S/C17H18O2S/c18-17(12-5-6-13-9-19-10-14(13)7-12)16-8-11-3-1-2-4-15(11)20-16/h5-8,17-18H,1-4,9-10H2. The summed E-state index contributed by atoms with van der Waals surface area (Å²) in [6.45, 7) is 1.38. The van der Waals surface area contributed by atoms with Gasteiger partial charge < -0.3 is 9.84 Å². The highest BCUT2D eigenvalue weighted by Crippen LogP contribution is 2.36. The first-order valence-corrected chi connectivity index (χ1v) is 8.12. The molecule has 104 valence electrons. The highest BCUT2D eigenvalue weighted by Gasteiger charge is 2.20. The van der Waals surface area contributed by atoms with Crippen molar-refractivity contribution in [2.45, 2.75) is 45.0 Å². The number of ether oxygens (including phenoxy) is 1. The van der Waals surface area contributed by atoms with E-state index in [0.29, 0.717) is 13.2 Å². The summed E-state index contributed by atoms with van der Waals surface area (Å²) in [5.41, 5.74) is 4.93. The van der Waals surface area contributed by atoms with Crippen LogP contribution >= 0.6 is 11.3 Å². The molecule has 2 aliphatic rings. The van der Waals surface area contributed by atoms with Gasteiger partial charge in [0, 0.05) is 9.75 Å². The van der Waals surface area contributed by atoms with Crippen LogP contribution in [0.5, 0.6) is 0 Å². The summed E-state index contributed by atoms with van der Waals surface area (Å²) in [7, 11) is 0. The molecule has 0 fully saturated rings. The molecule has 4 rings (SSSR count). The lowest BCUT2D eigenvalue weighted by atomic mass is 9.97. The van der Waals surface area contributed by atoms with Gasteiger partial charge in [0.2, 0.25) is 0 Å². The molecule has 0 radical (unpaired) electrons. The van der Waals surface area contributed by atoms with Crippen LogP contribution in [0.25, 0.3) is 0 Å². The fraction of sp³-hybridized carbons (Fsp3) is 0.412. The van der Waals surface area contributed by atoms with E-state index in [9.17, 15) is 5.11 Å². The second kappa shape index (κ2) is 4.99. The van der Waals surface area contributed by atoms with Crippen molar-refractivity contribution in [1.29, 1.82) is 0 Å². The molecule has 1 aliphatic carbocycles. The van der Waals surface area contributed by atoms with Gasteiger partial charge in [-0.15, -0.1) is 11.3 Å². The number of aliphatic hydroxyl groups is 1. The van der Waals surface area contributed by atoms with Crippen molar-refractivity contribution >= 4 is 11.3 Å². The number of thiophene rings is 1. The van der Waals surface area contributed by atoms with Gasteiger partial charge in [-0.1, -0.05) is 18.2 Å². The number of aliphatic hydroxyl groups excluding tert-OH is 1. The molecular formula is C17H18O2S. The molecule has 20 heavy (non-hydrogen) atoms. The maximum Gasteiger partial charge on any atom is 0.113 e. The first-order valence-electron chi connectivity index (χ1n) is 7.30. The first kappa shape index (κ1) is 12.6. The maximum atomic E-state index is 10.6. The van der Waals surface area contributed by atoms with Gasteiger partial charge in [-0.25, -0.2) is 0 Å². The first-order chi connectivity index (χ1) is 9.81. The Balaban J connectivity index is 1.66. The number of fused-ring (bicyclic) bond motifs is 2. The molecule has 1 aromatic heterocycles. The SMILES string of the molecule is OC(c1ccc2c(c1)COC2)c1cc2c(s1)CCCC2. The average Bonchev–Trinajstić information content (AvgIpc) is 3.11. The second-order valence-electron chi connectivity index (χ2n) is 5.73. The predicted molar refractivity (Wildman–Crippen MR) is 80.0 cm³/mol. The summed E-state index contributed by atoms with van der Waals surface area (Å²) in [5.74, 6) is 0. The van der Waals surface area contributed by atoms with Crippen LogP contribution in [-0.4, -0.2) is 5.11 Å². The molecule has 1 aromatic carbocycles. The summed E-state index contributed by atoms with van der Waals surface area (Å²) in [6, 6.07) is 8.45. The Labute approximate surface area is 123 Å². The Kier molecular flexibility index (Phi) is 3.14. The van der Waals surface area contributed by atoms with E-state index in [-0.39, 0.29) is 0 Å². The van der Waals surface area contributed by atoms with Crippen molar-refractivity contribution in [2.75, 3.05) is 0 Å². The smallest absolute Gasteiger partial charge is 0.113 e. The van der Waals surface area contributed by atoms with Crippen LogP contribution < -0.4 is 0 Å². The molecule has 3 heteroatoms. The Morgan fingerprint density at radius 3 is 2.75 bits per heavy atom. The van der Waals surface area contributed by atoms with Crippen LogP contribution in [-0.2, 0) is 30.8 Å². The van der Waals surface area contributed by atoms with Crippen LogP contribution in [0.2, 0.25) is 0 Å². The molecule has 2 nitrogen and oxygen atoms in total. The quantitative estimate of drug-likeness (QED) is 0.911. The van der Waals surface area contributed by atoms with Crippen LogP contribution in [0.15, 0.2) is 24.3 Å². The fourth-order valence-corrected chi connectivity index (χ4v) is 4.45. The van der Waals surface area contributed by atoms with Gasteiger partial charge in [0.05, 0.1) is 13.2 Å². The third-order valence-electron chi connectivity index (χ3n) is 4.35. The minimum absolute atomic E-state index is 0.489. The van der Waals surface area contributed by atoms with E-state index in [2.05, 4.69) is 18.2 Å². The molecule has 1 atom stereocenters. The third-order valence-corrected chi connectivity index (χ3v) is 5.64. The molecule has 0 saturated carbocycles. The molecule has 2 aromatic rings. The van der Waals surface area contributed by atoms with Gasteiger partial charge >= 0.3 is 0 Å². The van der Waals surface area contributed by atoms with E-state index < -0.39 is 6.10 Å². The lowest BCUT2D eigenvalue weighted by Crippen LogP contribution is -1.98. The maximum absolute atomic E-state index is 10.6. The largest absolute Gasteiger partial charge is 0.383 e. The van der Waals surface area contributed by atoms with E-state index in [0.717, 1.165) is 10.4 Å². The lowest BCUT2D eigenvalue weighted by Gasteiger charge is -2.10. The van der Waals surface area contributed by atoms with Gasteiger partial charge in [0.15, 0.2) is 0 Å². The van der Waals surface area contributed by atoms with E-state index in [1.54, 1.807) is 11.3 Å². The van der Waals surface area contributed by atoms with Crippen LogP contribution in [0.4, 0.5) is 0 Å². The number of hydrogen-bond donors (Lipinski definition) is 1. The molecule has 2 heterocycles. The van der Waals surface area contributed by atoms with Crippen molar-refractivity contribution in [2.24, 2.45) is 0 Å². The number of benzene rings is 1. The second-order valence-corrected chi connectivity index (χ2v) is 6.90. The van der Waals surface area contributed by atoms with Crippen molar-refractivity contribution in [3.63, 3.8) is 0 Å². The Morgan fingerprint density at radius 2 is 1.85 bits per heavy atom. The molecule has 0 amide bonds. The molecule has 1 N–H and O–H groups in total. The minimum atomic E-state index is -0.489. The molecule has 1 unspecified atom stereocenters.